The molecule has 0 saturated carbocycles. The Kier molecular flexibility index (Phi) is 5.12. The molecule has 7 heteroatoms. The molecule has 0 amide bonds. The molecule has 3 rings (SSSR count). The van der Waals surface area contributed by atoms with E-state index in [0.717, 1.165) is 15.7 Å². The molecule has 5 nitrogen and oxygen atoms in total. The van der Waals surface area contributed by atoms with Crippen LogP contribution in [0, 0.1) is 0 Å². The van der Waals surface area contributed by atoms with E-state index in [-0.39, 0.29) is 5.75 Å². The first-order valence-electron chi connectivity index (χ1n) is 7.04. The van der Waals surface area contributed by atoms with Gasteiger partial charge in [0.05, 0.1) is 19.0 Å². The highest BCUT2D eigenvalue weighted by Crippen LogP contribution is 2.32. The molecule has 0 saturated heterocycles. The average Bonchev–Trinajstić information content (AvgIpc) is 3.07. The van der Waals surface area contributed by atoms with E-state index in [1.54, 1.807) is 12.1 Å². The van der Waals surface area contributed by atoms with Crippen LogP contribution in [-0.4, -0.2) is 23.4 Å². The highest BCUT2D eigenvalue weighted by atomic mass is 79.9. The zero-order valence-corrected chi connectivity index (χ0v) is 15.1. The van der Waals surface area contributed by atoms with Crippen molar-refractivity contribution in [2.45, 2.75) is 0 Å². The van der Waals surface area contributed by atoms with Gasteiger partial charge in [-0.15, -0.1) is 11.3 Å². The average molecular weight is 404 g/mol. The number of phenolic OH excluding ortho intramolecular Hbond substituents is 1. The van der Waals surface area contributed by atoms with Crippen molar-refractivity contribution in [1.29, 1.82) is 0 Å². The Balaban J connectivity index is 1.74. The summed E-state index contributed by atoms with van der Waals surface area (Å²) in [4.78, 5) is 4.48. The van der Waals surface area contributed by atoms with Gasteiger partial charge in [0.2, 0.25) is 5.13 Å². The van der Waals surface area contributed by atoms with E-state index in [1.807, 2.05) is 35.7 Å². The Labute approximate surface area is 151 Å². The monoisotopic (exact) mass is 403 g/mol. The number of thiazole rings is 1. The lowest BCUT2D eigenvalue weighted by atomic mass is 10.2. The summed E-state index contributed by atoms with van der Waals surface area (Å²) in [5.74, 6) is 0.418. The third-order valence-corrected chi connectivity index (χ3v) is 4.43. The van der Waals surface area contributed by atoms with Gasteiger partial charge in [-0.3, -0.25) is 5.43 Å². The van der Waals surface area contributed by atoms with Gasteiger partial charge >= 0.3 is 0 Å². The minimum atomic E-state index is 0.0374. The smallest absolute Gasteiger partial charge is 0.203 e. The number of aromatic hydroxyl groups is 1. The first kappa shape index (κ1) is 16.5. The molecule has 3 aromatic rings. The SMILES string of the molecule is COc1cc(Br)cc(/C=N/Nc2nc(-c3ccccc3)cs2)c1O. The fourth-order valence-electron chi connectivity index (χ4n) is 2.07. The number of phenols is 1. The van der Waals surface area contributed by atoms with Crippen LogP contribution in [0.5, 0.6) is 11.5 Å². The zero-order chi connectivity index (χ0) is 16.9. The maximum absolute atomic E-state index is 10.1. The zero-order valence-electron chi connectivity index (χ0n) is 12.7. The normalized spacial score (nSPS) is 10.9. The van der Waals surface area contributed by atoms with Crippen LogP contribution in [0.2, 0.25) is 0 Å². The van der Waals surface area contributed by atoms with Crippen molar-refractivity contribution in [3.63, 3.8) is 0 Å². The van der Waals surface area contributed by atoms with Crippen LogP contribution in [0.15, 0.2) is 57.4 Å². The molecule has 0 atom stereocenters. The van der Waals surface area contributed by atoms with Gasteiger partial charge in [-0.1, -0.05) is 46.3 Å². The first-order chi connectivity index (χ1) is 11.7. The molecule has 1 heterocycles. The Morgan fingerprint density at radius 1 is 1.29 bits per heavy atom. The molecule has 0 aliphatic heterocycles. The summed E-state index contributed by atoms with van der Waals surface area (Å²) in [5, 5.41) is 16.9. The summed E-state index contributed by atoms with van der Waals surface area (Å²) in [6.45, 7) is 0. The van der Waals surface area contributed by atoms with E-state index in [2.05, 4.69) is 31.4 Å². The molecule has 1 aromatic heterocycles. The third-order valence-electron chi connectivity index (χ3n) is 3.23. The van der Waals surface area contributed by atoms with Gasteiger partial charge in [0.1, 0.15) is 0 Å². The van der Waals surface area contributed by atoms with E-state index in [1.165, 1.54) is 24.7 Å². The second kappa shape index (κ2) is 7.46. The fourth-order valence-corrected chi connectivity index (χ4v) is 3.20. The van der Waals surface area contributed by atoms with E-state index < -0.39 is 0 Å². The first-order valence-corrected chi connectivity index (χ1v) is 8.71. The molecule has 0 radical (unpaired) electrons. The summed E-state index contributed by atoms with van der Waals surface area (Å²) >= 11 is 4.83. The van der Waals surface area contributed by atoms with Crippen molar-refractivity contribution in [3.8, 4) is 22.8 Å². The number of rotatable bonds is 5. The summed E-state index contributed by atoms with van der Waals surface area (Å²) in [6, 6.07) is 13.4. The van der Waals surface area contributed by atoms with Crippen molar-refractivity contribution in [1.82, 2.24) is 4.98 Å². The summed E-state index contributed by atoms with van der Waals surface area (Å²) < 4.78 is 5.90. The number of benzene rings is 2. The van der Waals surface area contributed by atoms with Crippen LogP contribution in [0.3, 0.4) is 0 Å². The predicted molar refractivity (Wildman–Crippen MR) is 101 cm³/mol. The van der Waals surface area contributed by atoms with Crippen LogP contribution in [0.1, 0.15) is 5.56 Å². The topological polar surface area (TPSA) is 66.7 Å². The third kappa shape index (κ3) is 3.74. The maximum Gasteiger partial charge on any atom is 0.203 e. The molecule has 0 bridgehead atoms. The van der Waals surface area contributed by atoms with E-state index in [4.69, 9.17) is 4.74 Å². The largest absolute Gasteiger partial charge is 0.504 e. The van der Waals surface area contributed by atoms with Gasteiger partial charge in [0.25, 0.3) is 0 Å². The van der Waals surface area contributed by atoms with Gasteiger partial charge < -0.3 is 9.84 Å². The number of ether oxygens (including phenoxy) is 1. The Morgan fingerprint density at radius 3 is 2.83 bits per heavy atom. The molecule has 0 fully saturated rings. The lowest BCUT2D eigenvalue weighted by molar-refractivity contribution is 0.373. The summed E-state index contributed by atoms with van der Waals surface area (Å²) in [7, 11) is 1.50. The predicted octanol–water partition coefficient (Wildman–Crippen LogP) is 4.73. The molecular weight excluding hydrogens is 390 g/mol. The van der Waals surface area contributed by atoms with Crippen LogP contribution >= 0.6 is 27.3 Å². The van der Waals surface area contributed by atoms with Crippen molar-refractivity contribution in [2.24, 2.45) is 5.10 Å². The molecule has 0 aliphatic carbocycles. The molecule has 122 valence electrons. The Hall–Kier alpha value is -2.38. The van der Waals surface area contributed by atoms with Crippen molar-refractivity contribution in [2.75, 3.05) is 12.5 Å². The lowest BCUT2D eigenvalue weighted by Crippen LogP contribution is -1.93. The number of hydrazone groups is 1. The summed E-state index contributed by atoms with van der Waals surface area (Å²) in [5.41, 5.74) is 5.36. The van der Waals surface area contributed by atoms with Gasteiger partial charge in [-0.05, 0) is 12.1 Å². The molecule has 0 unspecified atom stereocenters. The summed E-state index contributed by atoms with van der Waals surface area (Å²) in [6.07, 6.45) is 1.52. The number of hydrogen-bond donors (Lipinski definition) is 2. The minimum Gasteiger partial charge on any atom is -0.504 e. The van der Waals surface area contributed by atoms with Gasteiger partial charge in [-0.25, -0.2) is 4.98 Å². The number of hydrogen-bond acceptors (Lipinski definition) is 6. The van der Waals surface area contributed by atoms with Crippen molar-refractivity contribution < 1.29 is 9.84 Å². The Morgan fingerprint density at radius 2 is 2.08 bits per heavy atom. The molecule has 0 aliphatic rings. The van der Waals surface area contributed by atoms with E-state index in [0.29, 0.717) is 16.4 Å². The number of methoxy groups -OCH3 is 1. The van der Waals surface area contributed by atoms with Gasteiger partial charge in [-0.2, -0.15) is 5.10 Å². The Bertz CT molecular complexity index is 866. The minimum absolute atomic E-state index is 0.0374. The van der Waals surface area contributed by atoms with Gasteiger partial charge in [0.15, 0.2) is 11.5 Å². The second-order valence-corrected chi connectivity index (χ2v) is 6.59. The number of halogens is 1. The van der Waals surface area contributed by atoms with Crippen LogP contribution < -0.4 is 10.2 Å². The van der Waals surface area contributed by atoms with Crippen LogP contribution in [-0.2, 0) is 0 Å². The highest BCUT2D eigenvalue weighted by molar-refractivity contribution is 9.10. The maximum atomic E-state index is 10.1. The van der Waals surface area contributed by atoms with Crippen molar-refractivity contribution in [3.05, 3.63) is 57.9 Å². The fraction of sp³-hybridized carbons (Fsp3) is 0.0588. The van der Waals surface area contributed by atoms with E-state index >= 15 is 0 Å². The number of aromatic nitrogens is 1. The molecule has 24 heavy (non-hydrogen) atoms. The highest BCUT2D eigenvalue weighted by Gasteiger charge is 2.08. The number of nitrogens with one attached hydrogen (secondary N) is 1. The molecule has 2 N–H and O–H groups in total. The molecular formula is C17H14BrN3O2S. The number of nitrogens with zero attached hydrogens (tertiary/aromatic N) is 2. The molecule has 2 aromatic carbocycles. The van der Waals surface area contributed by atoms with Crippen LogP contribution in [0.4, 0.5) is 5.13 Å². The quantitative estimate of drug-likeness (QED) is 0.477. The number of anilines is 1. The second-order valence-electron chi connectivity index (χ2n) is 4.82. The van der Waals surface area contributed by atoms with Crippen LogP contribution in [0.25, 0.3) is 11.3 Å². The molecule has 0 spiro atoms. The lowest BCUT2D eigenvalue weighted by Gasteiger charge is -2.06. The van der Waals surface area contributed by atoms with E-state index in [9.17, 15) is 5.11 Å². The standard InChI is InChI=1S/C17H14BrN3O2S/c1-23-15-8-13(18)7-12(16(15)22)9-19-21-17-20-14(10-24-17)11-5-3-2-4-6-11/h2-10,22H,1H3,(H,20,21)/b19-9+. The van der Waals surface area contributed by atoms with Gasteiger partial charge in [0, 0.05) is 21.0 Å². The van der Waals surface area contributed by atoms with Crippen molar-refractivity contribution >= 4 is 38.6 Å².